The van der Waals surface area contributed by atoms with Crippen LogP contribution in [0.5, 0.6) is 0 Å². The summed E-state index contributed by atoms with van der Waals surface area (Å²) in [5.74, 6) is 0.151. The molecule has 0 atom stereocenters. The normalized spacial score (nSPS) is 11.5. The molecule has 74 valence electrons. The molecule has 0 aromatic heterocycles. The number of hydrogen-bond acceptors (Lipinski definition) is 2. The summed E-state index contributed by atoms with van der Waals surface area (Å²) in [5.41, 5.74) is 2.99. The predicted molar refractivity (Wildman–Crippen MR) is 59.2 cm³/mol. The SMILES string of the molecule is CC(=O)CC(C)=Nc1ccc(C)cc1. The average molecular weight is 189 g/mol. The van der Waals surface area contributed by atoms with Gasteiger partial charge in [-0.05, 0) is 32.9 Å². The van der Waals surface area contributed by atoms with Gasteiger partial charge in [-0.3, -0.25) is 9.79 Å². The van der Waals surface area contributed by atoms with Crippen molar-refractivity contribution in [2.45, 2.75) is 27.2 Å². The van der Waals surface area contributed by atoms with Gasteiger partial charge >= 0.3 is 0 Å². The summed E-state index contributed by atoms with van der Waals surface area (Å²) in [6.45, 7) is 5.49. The largest absolute Gasteiger partial charge is 0.300 e. The van der Waals surface area contributed by atoms with Crippen LogP contribution in [0, 0.1) is 6.92 Å². The summed E-state index contributed by atoms with van der Waals surface area (Å²) in [7, 11) is 0. The predicted octanol–water partition coefficient (Wildman–Crippen LogP) is 3.07. The van der Waals surface area contributed by atoms with Crippen LogP contribution in [0.15, 0.2) is 29.3 Å². The van der Waals surface area contributed by atoms with Gasteiger partial charge in [-0.1, -0.05) is 17.7 Å². The second-order valence-corrected chi connectivity index (χ2v) is 3.56. The van der Waals surface area contributed by atoms with Gasteiger partial charge in [0.25, 0.3) is 0 Å². The zero-order chi connectivity index (χ0) is 10.6. The highest BCUT2D eigenvalue weighted by atomic mass is 16.1. The van der Waals surface area contributed by atoms with E-state index in [1.807, 2.05) is 38.1 Å². The van der Waals surface area contributed by atoms with Crippen LogP contribution in [-0.4, -0.2) is 11.5 Å². The second kappa shape index (κ2) is 4.70. The molecule has 0 aliphatic heterocycles. The maximum atomic E-state index is 10.8. The number of hydrogen-bond donors (Lipinski definition) is 0. The van der Waals surface area contributed by atoms with Crippen LogP contribution in [0.2, 0.25) is 0 Å². The summed E-state index contributed by atoms with van der Waals surface area (Å²) in [6.07, 6.45) is 0.438. The van der Waals surface area contributed by atoms with Crippen molar-refractivity contribution in [2.75, 3.05) is 0 Å². The van der Waals surface area contributed by atoms with Crippen molar-refractivity contribution < 1.29 is 4.79 Å². The zero-order valence-corrected chi connectivity index (χ0v) is 8.87. The van der Waals surface area contributed by atoms with Crippen molar-refractivity contribution in [3.05, 3.63) is 29.8 Å². The molecule has 0 aliphatic carbocycles. The Morgan fingerprint density at radius 3 is 2.29 bits per heavy atom. The van der Waals surface area contributed by atoms with Crippen LogP contribution < -0.4 is 0 Å². The molecule has 0 saturated carbocycles. The Hall–Kier alpha value is -1.44. The van der Waals surface area contributed by atoms with Crippen LogP contribution in [0.4, 0.5) is 5.69 Å². The smallest absolute Gasteiger partial charge is 0.135 e. The highest BCUT2D eigenvalue weighted by Crippen LogP contribution is 2.13. The first-order valence-electron chi connectivity index (χ1n) is 4.68. The minimum absolute atomic E-state index is 0.151. The molecular formula is C12H15NO. The molecular weight excluding hydrogens is 174 g/mol. The molecule has 1 aromatic carbocycles. The first-order valence-corrected chi connectivity index (χ1v) is 4.68. The van der Waals surface area contributed by atoms with Crippen LogP contribution in [0.25, 0.3) is 0 Å². The van der Waals surface area contributed by atoms with E-state index in [1.165, 1.54) is 5.56 Å². The molecule has 0 radical (unpaired) electrons. The van der Waals surface area contributed by atoms with Crippen molar-refractivity contribution in [3.8, 4) is 0 Å². The molecule has 0 N–H and O–H groups in total. The zero-order valence-electron chi connectivity index (χ0n) is 8.87. The molecule has 2 heteroatoms. The lowest BCUT2D eigenvalue weighted by atomic mass is 10.2. The molecule has 0 aliphatic rings. The summed E-state index contributed by atoms with van der Waals surface area (Å²) < 4.78 is 0. The number of Topliss-reactive ketones (excluding diaryl/α,β-unsaturated/α-hetero) is 1. The molecule has 0 saturated heterocycles. The average Bonchev–Trinajstić information content (AvgIpc) is 2.07. The number of aliphatic imine (C=N–C) groups is 1. The lowest BCUT2D eigenvalue weighted by Gasteiger charge is -1.98. The van der Waals surface area contributed by atoms with Gasteiger partial charge in [-0.25, -0.2) is 0 Å². The molecule has 0 bridgehead atoms. The first kappa shape index (κ1) is 10.6. The Kier molecular flexibility index (Phi) is 3.57. The number of rotatable bonds is 3. The number of ketones is 1. The minimum atomic E-state index is 0.151. The van der Waals surface area contributed by atoms with E-state index in [9.17, 15) is 4.79 Å². The third-order valence-electron chi connectivity index (χ3n) is 1.86. The van der Waals surface area contributed by atoms with E-state index in [2.05, 4.69) is 4.99 Å². The molecule has 1 rings (SSSR count). The molecule has 0 spiro atoms. The maximum absolute atomic E-state index is 10.8. The highest BCUT2D eigenvalue weighted by molar-refractivity contribution is 6.00. The minimum Gasteiger partial charge on any atom is -0.300 e. The van der Waals surface area contributed by atoms with Crippen LogP contribution in [0.1, 0.15) is 25.8 Å². The van der Waals surface area contributed by atoms with E-state index >= 15 is 0 Å². The van der Waals surface area contributed by atoms with E-state index in [0.29, 0.717) is 6.42 Å². The molecule has 0 fully saturated rings. The van der Waals surface area contributed by atoms with Gasteiger partial charge in [-0.15, -0.1) is 0 Å². The van der Waals surface area contributed by atoms with Gasteiger partial charge < -0.3 is 0 Å². The van der Waals surface area contributed by atoms with E-state index in [4.69, 9.17) is 0 Å². The monoisotopic (exact) mass is 189 g/mol. The molecule has 0 heterocycles. The highest BCUT2D eigenvalue weighted by Gasteiger charge is 1.97. The molecule has 0 amide bonds. The standard InChI is InChI=1S/C12H15NO/c1-9-4-6-12(7-5-9)13-10(2)8-11(3)14/h4-7H,8H2,1-3H3. The maximum Gasteiger partial charge on any atom is 0.135 e. The van der Waals surface area contributed by atoms with Crippen LogP contribution in [0.3, 0.4) is 0 Å². The Morgan fingerprint density at radius 1 is 1.21 bits per heavy atom. The molecule has 1 aromatic rings. The van der Waals surface area contributed by atoms with Gasteiger partial charge in [0.05, 0.1) is 5.69 Å². The van der Waals surface area contributed by atoms with E-state index in [0.717, 1.165) is 11.4 Å². The van der Waals surface area contributed by atoms with Gasteiger partial charge in [0.15, 0.2) is 0 Å². The summed E-state index contributed by atoms with van der Waals surface area (Å²) in [4.78, 5) is 15.2. The third-order valence-corrected chi connectivity index (χ3v) is 1.86. The van der Waals surface area contributed by atoms with Gasteiger partial charge in [0.1, 0.15) is 5.78 Å². The third kappa shape index (κ3) is 3.52. The first-order chi connectivity index (χ1) is 6.58. The Morgan fingerprint density at radius 2 is 1.79 bits per heavy atom. The van der Waals surface area contributed by atoms with E-state index in [-0.39, 0.29) is 5.78 Å². The van der Waals surface area contributed by atoms with Gasteiger partial charge in [0, 0.05) is 12.1 Å². The van der Waals surface area contributed by atoms with Gasteiger partial charge in [0.2, 0.25) is 0 Å². The number of benzene rings is 1. The van der Waals surface area contributed by atoms with Crippen LogP contribution >= 0.6 is 0 Å². The molecule has 14 heavy (non-hydrogen) atoms. The number of carbonyl (C=O) groups excluding carboxylic acids is 1. The number of carbonyl (C=O) groups is 1. The van der Waals surface area contributed by atoms with E-state index < -0.39 is 0 Å². The number of aryl methyl sites for hydroxylation is 1. The van der Waals surface area contributed by atoms with Gasteiger partial charge in [-0.2, -0.15) is 0 Å². The van der Waals surface area contributed by atoms with Crippen molar-refractivity contribution in [3.63, 3.8) is 0 Å². The Labute approximate surface area is 84.7 Å². The Balaban J connectivity index is 2.76. The lowest BCUT2D eigenvalue weighted by Crippen LogP contribution is -1.98. The summed E-state index contributed by atoms with van der Waals surface area (Å²) >= 11 is 0. The van der Waals surface area contributed by atoms with E-state index in [1.54, 1.807) is 6.92 Å². The summed E-state index contributed by atoms with van der Waals surface area (Å²) in [5, 5.41) is 0. The van der Waals surface area contributed by atoms with Crippen molar-refractivity contribution >= 4 is 17.2 Å². The van der Waals surface area contributed by atoms with Crippen molar-refractivity contribution in [1.29, 1.82) is 0 Å². The quantitative estimate of drug-likeness (QED) is 0.672. The lowest BCUT2D eigenvalue weighted by molar-refractivity contribution is -0.115. The second-order valence-electron chi connectivity index (χ2n) is 3.56. The topological polar surface area (TPSA) is 29.4 Å². The molecule has 0 unspecified atom stereocenters. The fourth-order valence-corrected chi connectivity index (χ4v) is 1.24. The Bertz CT molecular complexity index is 349. The summed E-state index contributed by atoms with van der Waals surface area (Å²) in [6, 6.07) is 7.94. The van der Waals surface area contributed by atoms with Crippen molar-refractivity contribution in [2.24, 2.45) is 4.99 Å². The molecule has 2 nitrogen and oxygen atoms in total. The number of nitrogens with zero attached hydrogens (tertiary/aromatic N) is 1. The van der Waals surface area contributed by atoms with Crippen LogP contribution in [-0.2, 0) is 4.79 Å². The fourth-order valence-electron chi connectivity index (χ4n) is 1.24. The fraction of sp³-hybridized carbons (Fsp3) is 0.333. The van der Waals surface area contributed by atoms with Crippen molar-refractivity contribution in [1.82, 2.24) is 0 Å².